The van der Waals surface area contributed by atoms with Crippen molar-refractivity contribution in [2.75, 3.05) is 25.0 Å². The Bertz CT molecular complexity index is 792. The van der Waals surface area contributed by atoms with Crippen LogP contribution >= 0.6 is 0 Å². The van der Waals surface area contributed by atoms with Gasteiger partial charge in [0.15, 0.2) is 0 Å². The van der Waals surface area contributed by atoms with E-state index in [0.717, 1.165) is 25.7 Å². The summed E-state index contributed by atoms with van der Waals surface area (Å²) in [7, 11) is -3.74. The first-order valence-electron chi connectivity index (χ1n) is 9.46. The van der Waals surface area contributed by atoms with E-state index in [1.807, 2.05) is 13.8 Å². The van der Waals surface area contributed by atoms with Crippen molar-refractivity contribution in [1.29, 1.82) is 0 Å². The molecule has 0 unspecified atom stereocenters. The number of piperidine rings is 1. The Hall–Kier alpha value is -1.71. The minimum Gasteiger partial charge on any atom is -0.376 e. The molecule has 9 heteroatoms. The molecule has 2 saturated heterocycles. The number of nitrogens with zero attached hydrogens (tertiary/aromatic N) is 2. The molecule has 2 aliphatic rings. The number of hydrogen-bond donors (Lipinski definition) is 1. The van der Waals surface area contributed by atoms with Gasteiger partial charge in [0.1, 0.15) is 5.69 Å². The van der Waals surface area contributed by atoms with Crippen molar-refractivity contribution in [1.82, 2.24) is 4.31 Å². The van der Waals surface area contributed by atoms with Crippen molar-refractivity contribution in [2.45, 2.75) is 56.6 Å². The number of rotatable bonds is 6. The van der Waals surface area contributed by atoms with Crippen molar-refractivity contribution in [2.24, 2.45) is 5.92 Å². The van der Waals surface area contributed by atoms with Crippen molar-refractivity contribution >= 4 is 21.4 Å². The standard InChI is InChI=1S/C18H27N3O5S/c1-13-5-3-9-20(12-13)27(24,25)15-7-8-16(17(11-15)21(22)23)19-14(2)18-6-4-10-26-18/h7-8,11,13-14,18-19H,3-6,9-10,12H2,1-2H3/t13-,14-,18-/m1/s1. The second-order valence-electron chi connectivity index (χ2n) is 7.53. The second kappa shape index (κ2) is 8.12. The van der Waals surface area contributed by atoms with E-state index >= 15 is 0 Å². The number of hydrogen-bond acceptors (Lipinski definition) is 6. The van der Waals surface area contributed by atoms with Gasteiger partial charge in [0.2, 0.25) is 10.0 Å². The lowest BCUT2D eigenvalue weighted by molar-refractivity contribution is -0.384. The van der Waals surface area contributed by atoms with Gasteiger partial charge >= 0.3 is 0 Å². The summed E-state index contributed by atoms with van der Waals surface area (Å²) >= 11 is 0. The average molecular weight is 397 g/mol. The van der Waals surface area contributed by atoms with Crippen molar-refractivity contribution < 1.29 is 18.1 Å². The molecule has 1 aromatic carbocycles. The Kier molecular flexibility index (Phi) is 6.02. The summed E-state index contributed by atoms with van der Waals surface area (Å²) in [6, 6.07) is 4.01. The van der Waals surface area contributed by atoms with Gasteiger partial charge in [-0.05, 0) is 50.7 Å². The second-order valence-corrected chi connectivity index (χ2v) is 9.47. The van der Waals surface area contributed by atoms with Crippen LogP contribution in [0.4, 0.5) is 11.4 Å². The van der Waals surface area contributed by atoms with Gasteiger partial charge in [-0.25, -0.2) is 8.42 Å². The molecule has 2 fully saturated rings. The van der Waals surface area contributed by atoms with E-state index in [1.54, 1.807) is 0 Å². The minimum atomic E-state index is -3.74. The average Bonchev–Trinajstić information content (AvgIpc) is 3.16. The molecule has 0 saturated carbocycles. The normalized spacial score (nSPS) is 25.3. The number of sulfonamides is 1. The molecule has 1 aromatic rings. The SMILES string of the molecule is C[C@@H]1CCCN(S(=O)(=O)c2ccc(N[C@H](C)[C@H]3CCCO3)c([N+](=O)[O-])c2)C1. The Morgan fingerprint density at radius 3 is 2.74 bits per heavy atom. The van der Waals surface area contributed by atoms with E-state index in [9.17, 15) is 18.5 Å². The fourth-order valence-corrected chi connectivity index (χ4v) is 5.41. The third kappa shape index (κ3) is 4.41. The molecule has 0 aliphatic carbocycles. The van der Waals surface area contributed by atoms with Gasteiger partial charge in [-0.2, -0.15) is 4.31 Å². The minimum absolute atomic E-state index is 0.00264. The molecule has 150 valence electrons. The molecule has 0 spiro atoms. The number of ether oxygens (including phenoxy) is 1. The van der Waals surface area contributed by atoms with Crippen LogP contribution in [0, 0.1) is 16.0 Å². The summed E-state index contributed by atoms with van der Waals surface area (Å²) in [5.41, 5.74) is 0.0833. The van der Waals surface area contributed by atoms with Crippen molar-refractivity contribution in [3.63, 3.8) is 0 Å². The maximum Gasteiger partial charge on any atom is 0.293 e. The van der Waals surface area contributed by atoms with E-state index in [-0.39, 0.29) is 28.6 Å². The number of nitrogens with one attached hydrogen (secondary N) is 1. The first-order chi connectivity index (χ1) is 12.8. The molecule has 2 heterocycles. The van der Waals surface area contributed by atoms with Crippen LogP contribution in [0.5, 0.6) is 0 Å². The zero-order chi connectivity index (χ0) is 19.6. The van der Waals surface area contributed by atoms with Crippen LogP contribution in [0.25, 0.3) is 0 Å². The number of benzene rings is 1. The predicted molar refractivity (Wildman–Crippen MR) is 102 cm³/mol. The van der Waals surface area contributed by atoms with E-state index in [2.05, 4.69) is 5.32 Å². The third-order valence-corrected chi connectivity index (χ3v) is 7.19. The van der Waals surface area contributed by atoms with Crippen LogP contribution in [0.3, 0.4) is 0 Å². The van der Waals surface area contributed by atoms with Crippen molar-refractivity contribution in [3.05, 3.63) is 28.3 Å². The lowest BCUT2D eigenvalue weighted by Gasteiger charge is -2.30. The van der Waals surface area contributed by atoms with Crippen LogP contribution < -0.4 is 5.32 Å². The molecule has 0 aromatic heterocycles. The highest BCUT2D eigenvalue weighted by Gasteiger charge is 2.31. The largest absolute Gasteiger partial charge is 0.376 e. The molecule has 27 heavy (non-hydrogen) atoms. The summed E-state index contributed by atoms with van der Waals surface area (Å²) in [6.45, 7) is 5.54. The van der Waals surface area contributed by atoms with E-state index in [1.165, 1.54) is 22.5 Å². The van der Waals surface area contributed by atoms with Gasteiger partial charge < -0.3 is 10.1 Å². The van der Waals surface area contributed by atoms with Crippen molar-refractivity contribution in [3.8, 4) is 0 Å². The number of anilines is 1. The van der Waals surface area contributed by atoms with Gasteiger partial charge in [-0.3, -0.25) is 10.1 Å². The highest BCUT2D eigenvalue weighted by Crippen LogP contribution is 2.32. The fraction of sp³-hybridized carbons (Fsp3) is 0.667. The summed E-state index contributed by atoms with van der Waals surface area (Å²) < 4.78 is 32.9. The van der Waals surface area contributed by atoms with Crippen LogP contribution in [0.2, 0.25) is 0 Å². The molecule has 2 aliphatic heterocycles. The topological polar surface area (TPSA) is 102 Å². The molecule has 0 radical (unpaired) electrons. The van der Waals surface area contributed by atoms with Gasteiger partial charge in [0.05, 0.1) is 15.9 Å². The summed E-state index contributed by atoms with van der Waals surface area (Å²) in [4.78, 5) is 11.0. The molecule has 0 bridgehead atoms. The first-order valence-corrected chi connectivity index (χ1v) is 10.9. The highest BCUT2D eigenvalue weighted by molar-refractivity contribution is 7.89. The maximum absolute atomic E-state index is 12.9. The third-order valence-electron chi connectivity index (χ3n) is 5.33. The molecule has 0 amide bonds. The summed E-state index contributed by atoms with van der Waals surface area (Å²) in [5, 5.41) is 14.7. The maximum atomic E-state index is 12.9. The number of nitro groups is 1. The van der Waals surface area contributed by atoms with Crippen LogP contribution in [-0.2, 0) is 14.8 Å². The highest BCUT2D eigenvalue weighted by atomic mass is 32.2. The Balaban J connectivity index is 1.85. The zero-order valence-corrected chi connectivity index (χ0v) is 16.6. The zero-order valence-electron chi connectivity index (χ0n) is 15.8. The molecule has 1 N–H and O–H groups in total. The van der Waals surface area contributed by atoms with Gasteiger partial charge in [-0.1, -0.05) is 6.92 Å². The quantitative estimate of drug-likeness (QED) is 0.585. The Labute approximate surface area is 160 Å². The van der Waals surface area contributed by atoms with E-state index < -0.39 is 14.9 Å². The smallest absolute Gasteiger partial charge is 0.293 e. The molecular weight excluding hydrogens is 370 g/mol. The van der Waals surface area contributed by atoms with Crippen LogP contribution in [0.15, 0.2) is 23.1 Å². The predicted octanol–water partition coefficient (Wildman–Crippen LogP) is 2.99. The monoisotopic (exact) mass is 397 g/mol. The Morgan fingerprint density at radius 2 is 2.11 bits per heavy atom. The first kappa shape index (κ1) is 20.0. The molecule has 3 rings (SSSR count). The van der Waals surface area contributed by atoms with E-state index in [4.69, 9.17) is 4.74 Å². The Morgan fingerprint density at radius 1 is 1.33 bits per heavy atom. The summed E-state index contributed by atoms with van der Waals surface area (Å²) in [6.07, 6.45) is 3.69. The van der Waals surface area contributed by atoms with Gasteiger partial charge in [0.25, 0.3) is 5.69 Å². The van der Waals surface area contributed by atoms with Gasteiger partial charge in [0, 0.05) is 31.8 Å². The lowest BCUT2D eigenvalue weighted by Crippen LogP contribution is -2.39. The lowest BCUT2D eigenvalue weighted by atomic mass is 10.0. The molecule has 8 nitrogen and oxygen atoms in total. The van der Waals surface area contributed by atoms with E-state index in [0.29, 0.717) is 25.4 Å². The fourth-order valence-electron chi connectivity index (χ4n) is 3.79. The summed E-state index contributed by atoms with van der Waals surface area (Å²) in [5.74, 6) is 0.289. The number of nitro benzene ring substituents is 1. The molecule has 3 atom stereocenters. The molecular formula is C18H27N3O5S. The van der Waals surface area contributed by atoms with Crippen LogP contribution in [0.1, 0.15) is 39.5 Å². The van der Waals surface area contributed by atoms with Crippen LogP contribution in [-0.4, -0.2) is 49.5 Å². The van der Waals surface area contributed by atoms with Gasteiger partial charge in [-0.15, -0.1) is 0 Å².